The van der Waals surface area contributed by atoms with Gasteiger partial charge in [-0.15, -0.1) is 0 Å². The summed E-state index contributed by atoms with van der Waals surface area (Å²) in [6.45, 7) is 3.01. The molecule has 1 amide bonds. The number of anilines is 2. The molecule has 3 heterocycles. The van der Waals surface area contributed by atoms with Gasteiger partial charge in [0.25, 0.3) is 0 Å². The summed E-state index contributed by atoms with van der Waals surface area (Å²) < 4.78 is 28.9. The molecule has 0 spiro atoms. The van der Waals surface area contributed by atoms with Gasteiger partial charge in [-0.25, -0.2) is 4.31 Å². The number of aliphatic hydroxyl groups excluding tert-OH is 1. The van der Waals surface area contributed by atoms with E-state index in [1.165, 1.54) is 22.6 Å². The summed E-state index contributed by atoms with van der Waals surface area (Å²) in [5.41, 5.74) is 0.934. The number of fused-ring (bicyclic) bond motifs is 3. The second kappa shape index (κ2) is 7.99. The number of rotatable bonds is 4. The minimum Gasteiger partial charge on any atom is -0.543 e. The number of benzene rings is 2. The van der Waals surface area contributed by atoms with E-state index < -0.39 is 46.1 Å². The fourth-order valence-electron chi connectivity index (χ4n) is 5.23. The van der Waals surface area contributed by atoms with Gasteiger partial charge in [0.05, 0.1) is 47.6 Å². The van der Waals surface area contributed by atoms with E-state index in [0.717, 1.165) is 15.7 Å². The first-order valence-electron chi connectivity index (χ1n) is 10.3. The zero-order valence-corrected chi connectivity index (χ0v) is 21.5. The second-order valence-corrected chi connectivity index (χ2v) is 10.5. The van der Waals surface area contributed by atoms with Crippen LogP contribution in [-0.4, -0.2) is 56.0 Å². The fraction of sp³-hybridized carbons (Fsp3) is 0.364. The summed E-state index contributed by atoms with van der Waals surface area (Å²) >= 11 is 0. The predicted molar refractivity (Wildman–Crippen MR) is 116 cm³/mol. The molecule has 9 nitrogen and oxygen atoms in total. The van der Waals surface area contributed by atoms with E-state index in [9.17, 15) is 28.2 Å². The number of β-lactam (4-membered cyclic amide) rings is 1. The van der Waals surface area contributed by atoms with Crippen LogP contribution in [0.4, 0.5) is 11.4 Å². The first-order valence-corrected chi connectivity index (χ1v) is 11.7. The molecule has 4 unspecified atom stereocenters. The average Bonchev–Trinajstić information content (AvgIpc) is 3.07. The van der Waals surface area contributed by atoms with Gasteiger partial charge < -0.3 is 19.9 Å². The third-order valence-electron chi connectivity index (χ3n) is 6.90. The maximum atomic E-state index is 13.3. The molecule has 2 aromatic rings. The molecule has 1 N–H and O–H groups in total. The Morgan fingerprint density at radius 3 is 2.30 bits per heavy atom. The van der Waals surface area contributed by atoms with Crippen LogP contribution in [0.25, 0.3) is 10.8 Å². The minimum atomic E-state index is -3.95. The van der Waals surface area contributed by atoms with Crippen LogP contribution in [0, 0.1) is 11.8 Å². The molecular formula is C22H22N3NaO6S. The Morgan fingerprint density at radius 2 is 1.76 bits per heavy atom. The Hall–Kier alpha value is -2.11. The van der Waals surface area contributed by atoms with Crippen molar-refractivity contribution in [3.63, 3.8) is 0 Å². The van der Waals surface area contributed by atoms with Crippen molar-refractivity contribution in [2.24, 2.45) is 11.8 Å². The largest absolute Gasteiger partial charge is 1.00 e. The number of amides is 1. The Labute approximate surface area is 213 Å². The van der Waals surface area contributed by atoms with Crippen molar-refractivity contribution in [2.45, 2.75) is 26.0 Å². The average molecular weight is 479 g/mol. The molecule has 0 aliphatic carbocycles. The van der Waals surface area contributed by atoms with Gasteiger partial charge in [0.15, 0.2) is 0 Å². The molecule has 4 atom stereocenters. The zero-order chi connectivity index (χ0) is 23.1. The summed E-state index contributed by atoms with van der Waals surface area (Å²) in [5.74, 6) is -3.20. The number of aliphatic carboxylic acids is 1. The van der Waals surface area contributed by atoms with Crippen molar-refractivity contribution < 1.29 is 57.8 Å². The van der Waals surface area contributed by atoms with E-state index in [-0.39, 0.29) is 41.8 Å². The standard InChI is InChI=1S/C22H23N3O6S.Na/c1-11-15(20(22(28)29)25-19(11)18(12(2)26)21(25)27)10-24-17-9-14-7-5-4-6-13(14)8-16(17)23(3)32(24,30)31;/h4-9,11-12,18-19,26H,10H2,1-3H3,(H,28,29);/q;+1/p-1. The molecule has 0 saturated carbocycles. The zero-order valence-electron chi connectivity index (χ0n) is 18.7. The Bertz CT molecular complexity index is 1320. The molecular weight excluding hydrogens is 457 g/mol. The smallest absolute Gasteiger partial charge is 0.543 e. The number of hydrogen-bond donors (Lipinski definition) is 1. The van der Waals surface area contributed by atoms with Crippen LogP contribution >= 0.6 is 0 Å². The fourth-order valence-corrected chi connectivity index (χ4v) is 6.62. The van der Waals surface area contributed by atoms with Crippen molar-refractivity contribution in [3.8, 4) is 0 Å². The van der Waals surface area contributed by atoms with Crippen molar-refractivity contribution in [1.29, 1.82) is 0 Å². The SMILES string of the molecule is CC(O)C1C(=O)N2C(C(=O)[O-])=C(CN3c4cc5ccccc5cc4N(C)S3(=O)=O)C(C)C12.[Na+]. The number of carboxylic acid groups (broad SMARTS) is 1. The van der Waals surface area contributed by atoms with Crippen molar-refractivity contribution >= 4 is 44.2 Å². The van der Waals surface area contributed by atoms with Crippen molar-refractivity contribution in [1.82, 2.24) is 4.90 Å². The summed E-state index contributed by atoms with van der Waals surface area (Å²) in [6.07, 6.45) is -0.942. The van der Waals surface area contributed by atoms with E-state index >= 15 is 0 Å². The Morgan fingerprint density at radius 1 is 1.18 bits per heavy atom. The summed E-state index contributed by atoms with van der Waals surface area (Å²) in [7, 11) is -2.50. The summed E-state index contributed by atoms with van der Waals surface area (Å²) in [5, 5.41) is 23.7. The first kappa shape index (κ1) is 24.0. The summed E-state index contributed by atoms with van der Waals surface area (Å²) in [6, 6.07) is 10.5. The van der Waals surface area contributed by atoms with Crippen molar-refractivity contribution in [3.05, 3.63) is 47.7 Å². The molecule has 0 radical (unpaired) electrons. The van der Waals surface area contributed by atoms with Crippen LogP contribution in [0.2, 0.25) is 0 Å². The van der Waals surface area contributed by atoms with Gasteiger partial charge in [-0.2, -0.15) is 8.42 Å². The number of aliphatic hydroxyl groups is 1. The number of hydrogen-bond acceptors (Lipinski definition) is 6. The van der Waals surface area contributed by atoms with Crippen LogP contribution < -0.4 is 43.3 Å². The maximum Gasteiger partial charge on any atom is 1.00 e. The Kier molecular flexibility index (Phi) is 5.82. The predicted octanol–water partition coefficient (Wildman–Crippen LogP) is -2.79. The number of carbonyl (C=O) groups is 2. The van der Waals surface area contributed by atoms with E-state index in [2.05, 4.69) is 0 Å². The maximum absolute atomic E-state index is 13.3. The van der Waals surface area contributed by atoms with E-state index in [1.807, 2.05) is 24.3 Å². The second-order valence-electron chi connectivity index (χ2n) is 8.59. The minimum absolute atomic E-state index is 0. The van der Waals surface area contributed by atoms with Gasteiger partial charge in [0, 0.05) is 13.0 Å². The molecule has 0 bridgehead atoms. The van der Waals surface area contributed by atoms with Crippen molar-refractivity contribution in [2.75, 3.05) is 22.2 Å². The van der Waals surface area contributed by atoms with Gasteiger partial charge in [0.2, 0.25) is 5.91 Å². The van der Waals surface area contributed by atoms with Crippen LogP contribution in [0.3, 0.4) is 0 Å². The van der Waals surface area contributed by atoms with Gasteiger partial charge in [-0.3, -0.25) is 9.10 Å². The molecule has 33 heavy (non-hydrogen) atoms. The molecule has 1 saturated heterocycles. The van der Waals surface area contributed by atoms with Crippen LogP contribution in [0.1, 0.15) is 13.8 Å². The molecule has 168 valence electrons. The van der Waals surface area contributed by atoms with Gasteiger partial charge in [-0.1, -0.05) is 31.2 Å². The topological polar surface area (TPSA) is 121 Å². The molecule has 3 aliphatic rings. The molecule has 11 heteroatoms. The van der Waals surface area contributed by atoms with Crippen LogP contribution in [0.15, 0.2) is 47.7 Å². The van der Waals surface area contributed by atoms with Gasteiger partial charge in [-0.05, 0) is 35.4 Å². The van der Waals surface area contributed by atoms with Crippen LogP contribution in [0.5, 0.6) is 0 Å². The molecule has 3 aliphatic heterocycles. The van der Waals surface area contributed by atoms with E-state index in [0.29, 0.717) is 16.9 Å². The monoisotopic (exact) mass is 479 g/mol. The van der Waals surface area contributed by atoms with Crippen LogP contribution in [-0.2, 0) is 19.8 Å². The number of carboxylic acids is 1. The third kappa shape index (κ3) is 3.23. The number of carbonyl (C=O) groups excluding carboxylic acids is 2. The van der Waals surface area contributed by atoms with E-state index in [1.54, 1.807) is 19.1 Å². The third-order valence-corrected chi connectivity index (χ3v) is 8.67. The van der Waals surface area contributed by atoms with Gasteiger partial charge >= 0.3 is 39.8 Å². The summed E-state index contributed by atoms with van der Waals surface area (Å²) in [4.78, 5) is 25.7. The van der Waals surface area contributed by atoms with E-state index in [4.69, 9.17) is 0 Å². The molecule has 0 aromatic heterocycles. The molecule has 2 aromatic carbocycles. The Balaban J connectivity index is 0.00000259. The normalized spacial score (nSPS) is 26.1. The van der Waals surface area contributed by atoms with Gasteiger partial charge in [0.1, 0.15) is 0 Å². The molecule has 1 fully saturated rings. The quantitative estimate of drug-likeness (QED) is 0.374. The molecule has 5 rings (SSSR count). The first-order chi connectivity index (χ1) is 15.1. The number of nitrogens with zero attached hydrogens (tertiary/aromatic N) is 3.